The zero-order valence-electron chi connectivity index (χ0n) is 9.88. The van der Waals surface area contributed by atoms with Crippen LogP contribution in [0, 0.1) is 0 Å². The number of rotatable bonds is 3. The summed E-state index contributed by atoms with van der Waals surface area (Å²) in [5, 5.41) is 3.21. The van der Waals surface area contributed by atoms with Crippen LogP contribution in [0.2, 0.25) is 0 Å². The Morgan fingerprint density at radius 1 is 1.25 bits per heavy atom. The molecule has 1 nitrogen and oxygen atoms in total. The molecular weight excluding hydrogens is 201 g/mol. The fraction of sp³-hybridized carbons (Fsp3) is 0.571. The zero-order valence-corrected chi connectivity index (χ0v) is 9.88. The van der Waals surface area contributed by atoms with Crippen molar-refractivity contribution in [2.24, 2.45) is 0 Å². The largest absolute Gasteiger partial charge is 0.316 e. The van der Waals surface area contributed by atoms with Crippen LogP contribution in [0.1, 0.15) is 37.7 Å². The average Bonchev–Trinajstić information content (AvgIpc) is 2.30. The maximum absolute atomic E-state index is 14.5. The van der Waals surface area contributed by atoms with Gasteiger partial charge < -0.3 is 5.32 Å². The number of halogens is 1. The SMILES string of the molecule is C[C@@H](CC1(F)CCNCC1)c1ccccc1. The molecule has 0 saturated carbocycles. The fourth-order valence-corrected chi connectivity index (χ4v) is 2.53. The highest BCUT2D eigenvalue weighted by Gasteiger charge is 2.33. The van der Waals surface area contributed by atoms with Gasteiger partial charge in [-0.3, -0.25) is 0 Å². The minimum atomic E-state index is -0.958. The van der Waals surface area contributed by atoms with E-state index in [-0.39, 0.29) is 0 Å². The first-order valence-corrected chi connectivity index (χ1v) is 6.14. The highest BCUT2D eigenvalue weighted by Crippen LogP contribution is 2.34. The van der Waals surface area contributed by atoms with E-state index in [0.717, 1.165) is 13.1 Å². The van der Waals surface area contributed by atoms with Gasteiger partial charge in [0.2, 0.25) is 0 Å². The van der Waals surface area contributed by atoms with Crippen molar-refractivity contribution in [2.75, 3.05) is 13.1 Å². The molecule has 1 fully saturated rings. The zero-order chi connectivity index (χ0) is 11.4. The van der Waals surface area contributed by atoms with E-state index in [0.29, 0.717) is 25.2 Å². The first-order valence-electron chi connectivity index (χ1n) is 6.14. The molecule has 1 atom stereocenters. The summed E-state index contributed by atoms with van der Waals surface area (Å²) in [6.07, 6.45) is 1.97. The second-order valence-electron chi connectivity index (χ2n) is 4.92. The van der Waals surface area contributed by atoms with Crippen LogP contribution >= 0.6 is 0 Å². The van der Waals surface area contributed by atoms with Crippen molar-refractivity contribution in [3.63, 3.8) is 0 Å². The lowest BCUT2D eigenvalue weighted by molar-refractivity contribution is 0.0974. The fourth-order valence-electron chi connectivity index (χ4n) is 2.53. The third-order valence-electron chi connectivity index (χ3n) is 3.54. The summed E-state index contributed by atoms with van der Waals surface area (Å²) in [5.41, 5.74) is 0.290. The summed E-state index contributed by atoms with van der Waals surface area (Å²) < 4.78 is 14.5. The molecule has 2 heteroatoms. The predicted molar refractivity (Wildman–Crippen MR) is 65.4 cm³/mol. The number of nitrogens with one attached hydrogen (secondary N) is 1. The van der Waals surface area contributed by atoms with E-state index in [1.165, 1.54) is 5.56 Å². The summed E-state index contributed by atoms with van der Waals surface area (Å²) in [4.78, 5) is 0. The molecule has 1 aliphatic rings. The first-order chi connectivity index (χ1) is 7.70. The van der Waals surface area contributed by atoms with Crippen LogP contribution in [0.4, 0.5) is 4.39 Å². The van der Waals surface area contributed by atoms with E-state index in [4.69, 9.17) is 0 Å². The van der Waals surface area contributed by atoms with Gasteiger partial charge in [0.15, 0.2) is 0 Å². The van der Waals surface area contributed by atoms with Gasteiger partial charge in [-0.2, -0.15) is 0 Å². The number of hydrogen-bond acceptors (Lipinski definition) is 1. The molecular formula is C14H20FN. The molecule has 88 valence electrons. The molecule has 1 aromatic rings. The van der Waals surface area contributed by atoms with Crippen molar-refractivity contribution >= 4 is 0 Å². The van der Waals surface area contributed by atoms with E-state index < -0.39 is 5.67 Å². The van der Waals surface area contributed by atoms with Gasteiger partial charge in [-0.25, -0.2) is 4.39 Å². The van der Waals surface area contributed by atoms with E-state index in [2.05, 4.69) is 24.4 Å². The van der Waals surface area contributed by atoms with E-state index in [9.17, 15) is 4.39 Å². The van der Waals surface area contributed by atoms with Gasteiger partial charge in [0, 0.05) is 0 Å². The lowest BCUT2D eigenvalue weighted by atomic mass is 9.83. The molecule has 2 rings (SSSR count). The van der Waals surface area contributed by atoms with Gasteiger partial charge >= 0.3 is 0 Å². The van der Waals surface area contributed by atoms with E-state index in [1.807, 2.05) is 18.2 Å². The second kappa shape index (κ2) is 4.96. The summed E-state index contributed by atoms with van der Waals surface area (Å²) in [6.45, 7) is 3.76. The summed E-state index contributed by atoms with van der Waals surface area (Å²) in [7, 11) is 0. The van der Waals surface area contributed by atoms with Crippen LogP contribution in [0.3, 0.4) is 0 Å². The summed E-state index contributed by atoms with van der Waals surface area (Å²) in [5.74, 6) is 0.310. The number of piperidine rings is 1. The molecule has 1 aromatic carbocycles. The van der Waals surface area contributed by atoms with Crippen molar-refractivity contribution in [3.8, 4) is 0 Å². The Labute approximate surface area is 97.1 Å². The Kier molecular flexibility index (Phi) is 3.59. The second-order valence-corrected chi connectivity index (χ2v) is 4.92. The van der Waals surface area contributed by atoms with Crippen LogP contribution in [0.15, 0.2) is 30.3 Å². The monoisotopic (exact) mass is 221 g/mol. The molecule has 1 saturated heterocycles. The van der Waals surface area contributed by atoms with Crippen LogP contribution in [0.5, 0.6) is 0 Å². The van der Waals surface area contributed by atoms with E-state index in [1.54, 1.807) is 0 Å². The Morgan fingerprint density at radius 3 is 2.50 bits per heavy atom. The summed E-state index contributed by atoms with van der Waals surface area (Å²) in [6, 6.07) is 10.2. The molecule has 0 unspecified atom stereocenters. The quantitative estimate of drug-likeness (QED) is 0.826. The van der Waals surface area contributed by atoms with Crippen molar-refractivity contribution in [1.29, 1.82) is 0 Å². The third-order valence-corrected chi connectivity index (χ3v) is 3.54. The minimum absolute atomic E-state index is 0.310. The van der Waals surface area contributed by atoms with Crippen LogP contribution in [0.25, 0.3) is 0 Å². The van der Waals surface area contributed by atoms with Crippen molar-refractivity contribution in [3.05, 3.63) is 35.9 Å². The third kappa shape index (κ3) is 2.82. The van der Waals surface area contributed by atoms with Gasteiger partial charge in [0.25, 0.3) is 0 Å². The minimum Gasteiger partial charge on any atom is -0.316 e. The van der Waals surface area contributed by atoms with Crippen LogP contribution in [-0.2, 0) is 0 Å². The highest BCUT2D eigenvalue weighted by atomic mass is 19.1. The Morgan fingerprint density at radius 2 is 1.88 bits per heavy atom. The molecule has 0 aliphatic carbocycles. The molecule has 0 bridgehead atoms. The average molecular weight is 221 g/mol. The van der Waals surface area contributed by atoms with Crippen LogP contribution < -0.4 is 5.32 Å². The maximum atomic E-state index is 14.5. The summed E-state index contributed by atoms with van der Waals surface area (Å²) >= 11 is 0. The molecule has 0 spiro atoms. The molecule has 0 amide bonds. The van der Waals surface area contributed by atoms with Crippen molar-refractivity contribution in [1.82, 2.24) is 5.32 Å². The highest BCUT2D eigenvalue weighted by molar-refractivity contribution is 5.19. The van der Waals surface area contributed by atoms with Crippen molar-refractivity contribution < 1.29 is 4.39 Å². The molecule has 1 heterocycles. The lowest BCUT2D eigenvalue weighted by Crippen LogP contribution is -2.39. The lowest BCUT2D eigenvalue weighted by Gasteiger charge is -2.32. The van der Waals surface area contributed by atoms with Gasteiger partial charge in [-0.05, 0) is 43.8 Å². The Balaban J connectivity index is 1.98. The molecule has 16 heavy (non-hydrogen) atoms. The Bertz CT molecular complexity index is 317. The first kappa shape index (κ1) is 11.6. The number of benzene rings is 1. The Hall–Kier alpha value is -0.890. The molecule has 1 N–H and O–H groups in total. The van der Waals surface area contributed by atoms with Gasteiger partial charge in [0.1, 0.15) is 5.67 Å². The predicted octanol–water partition coefficient (Wildman–Crippen LogP) is 3.27. The normalized spacial score (nSPS) is 21.6. The molecule has 1 aliphatic heterocycles. The standard InChI is InChI=1S/C14H20FN/c1-12(13-5-3-2-4-6-13)11-14(15)7-9-16-10-8-14/h2-6,12,16H,7-11H2,1H3/t12-/m0/s1. The maximum Gasteiger partial charge on any atom is 0.114 e. The van der Waals surface area contributed by atoms with Crippen molar-refractivity contribution in [2.45, 2.75) is 37.8 Å². The van der Waals surface area contributed by atoms with Gasteiger partial charge in [-0.15, -0.1) is 0 Å². The van der Waals surface area contributed by atoms with Crippen LogP contribution in [-0.4, -0.2) is 18.8 Å². The van der Waals surface area contributed by atoms with E-state index >= 15 is 0 Å². The molecule has 0 aromatic heterocycles. The topological polar surface area (TPSA) is 12.0 Å². The van der Waals surface area contributed by atoms with Gasteiger partial charge in [0.05, 0.1) is 0 Å². The number of hydrogen-bond donors (Lipinski definition) is 1. The smallest absolute Gasteiger partial charge is 0.114 e. The molecule has 0 radical (unpaired) electrons. The number of alkyl halides is 1. The van der Waals surface area contributed by atoms with Gasteiger partial charge in [-0.1, -0.05) is 37.3 Å².